The summed E-state index contributed by atoms with van der Waals surface area (Å²) in [6.07, 6.45) is 1.14. The third-order valence-electron chi connectivity index (χ3n) is 3.17. The fourth-order valence-corrected chi connectivity index (χ4v) is 1.98. The summed E-state index contributed by atoms with van der Waals surface area (Å²) in [4.78, 5) is 0. The second-order valence-corrected chi connectivity index (χ2v) is 4.84. The van der Waals surface area contributed by atoms with Crippen molar-refractivity contribution in [1.82, 2.24) is 5.32 Å². The molecule has 88 valence electrons. The van der Waals surface area contributed by atoms with Crippen molar-refractivity contribution in [3.63, 3.8) is 0 Å². The third-order valence-corrected chi connectivity index (χ3v) is 3.17. The van der Waals surface area contributed by atoms with Crippen LogP contribution in [0.4, 0.5) is 0 Å². The summed E-state index contributed by atoms with van der Waals surface area (Å²) in [5.41, 5.74) is 2.77. The average Bonchev–Trinajstić information content (AvgIpc) is 2.80. The Morgan fingerprint density at radius 1 is 1.31 bits per heavy atom. The molecule has 1 N–H and O–H groups in total. The Labute approximate surface area is 98.0 Å². The van der Waals surface area contributed by atoms with Crippen LogP contribution >= 0.6 is 0 Å². The van der Waals surface area contributed by atoms with Gasteiger partial charge in [-0.1, -0.05) is 38.1 Å². The first-order chi connectivity index (χ1) is 7.75. The van der Waals surface area contributed by atoms with Crippen LogP contribution in [0.3, 0.4) is 0 Å². The molecule has 0 bridgehead atoms. The monoisotopic (exact) mass is 219 g/mol. The summed E-state index contributed by atoms with van der Waals surface area (Å²) >= 11 is 0. The van der Waals surface area contributed by atoms with Crippen molar-refractivity contribution in [2.45, 2.75) is 38.8 Å². The first kappa shape index (κ1) is 11.6. The lowest BCUT2D eigenvalue weighted by molar-refractivity contribution is 0.190. The predicted molar refractivity (Wildman–Crippen MR) is 66.6 cm³/mol. The van der Waals surface area contributed by atoms with Gasteiger partial charge in [-0.05, 0) is 23.5 Å². The lowest BCUT2D eigenvalue weighted by Gasteiger charge is -2.11. The van der Waals surface area contributed by atoms with E-state index in [1.165, 1.54) is 11.1 Å². The van der Waals surface area contributed by atoms with Crippen molar-refractivity contribution in [1.29, 1.82) is 0 Å². The molecule has 1 saturated heterocycles. The van der Waals surface area contributed by atoms with E-state index in [9.17, 15) is 0 Å². The zero-order valence-electron chi connectivity index (χ0n) is 10.2. The average molecular weight is 219 g/mol. The largest absolute Gasteiger partial charge is 0.380 e. The van der Waals surface area contributed by atoms with Gasteiger partial charge in [-0.2, -0.15) is 0 Å². The molecule has 2 heteroatoms. The zero-order valence-corrected chi connectivity index (χ0v) is 10.2. The molecule has 2 rings (SSSR count). The molecule has 1 aromatic rings. The highest BCUT2D eigenvalue weighted by Crippen LogP contribution is 2.15. The Morgan fingerprint density at radius 3 is 2.62 bits per heavy atom. The topological polar surface area (TPSA) is 21.3 Å². The van der Waals surface area contributed by atoms with E-state index < -0.39 is 0 Å². The molecular weight excluding hydrogens is 198 g/mol. The van der Waals surface area contributed by atoms with Gasteiger partial charge < -0.3 is 10.1 Å². The van der Waals surface area contributed by atoms with Gasteiger partial charge in [0, 0.05) is 19.2 Å². The standard InChI is InChI=1S/C14H21NO/c1-11(2)13-5-3-12(4-6-13)9-15-14-7-8-16-10-14/h3-6,11,14-15H,7-10H2,1-2H3. The number of hydrogen-bond acceptors (Lipinski definition) is 2. The van der Waals surface area contributed by atoms with E-state index in [1.54, 1.807) is 0 Å². The molecule has 0 spiro atoms. The maximum atomic E-state index is 5.33. The Balaban J connectivity index is 1.84. The molecule has 0 aliphatic carbocycles. The van der Waals surface area contributed by atoms with Crippen LogP contribution in [0.25, 0.3) is 0 Å². The normalized spacial score (nSPS) is 20.6. The molecule has 1 atom stereocenters. The second kappa shape index (κ2) is 5.46. The van der Waals surface area contributed by atoms with E-state index >= 15 is 0 Å². The van der Waals surface area contributed by atoms with Gasteiger partial charge >= 0.3 is 0 Å². The summed E-state index contributed by atoms with van der Waals surface area (Å²) in [5, 5.41) is 3.52. The summed E-state index contributed by atoms with van der Waals surface area (Å²) in [6, 6.07) is 9.44. The number of ether oxygens (including phenoxy) is 1. The summed E-state index contributed by atoms with van der Waals surface area (Å²) < 4.78 is 5.33. The van der Waals surface area contributed by atoms with Gasteiger partial charge in [-0.15, -0.1) is 0 Å². The van der Waals surface area contributed by atoms with Crippen LogP contribution in [-0.2, 0) is 11.3 Å². The molecule has 0 saturated carbocycles. The van der Waals surface area contributed by atoms with E-state index in [-0.39, 0.29) is 0 Å². The molecule has 1 heterocycles. The van der Waals surface area contributed by atoms with Crippen LogP contribution in [0.2, 0.25) is 0 Å². The Kier molecular flexibility index (Phi) is 3.97. The highest BCUT2D eigenvalue weighted by atomic mass is 16.5. The van der Waals surface area contributed by atoms with Crippen molar-refractivity contribution in [3.8, 4) is 0 Å². The molecule has 0 aromatic heterocycles. The maximum absolute atomic E-state index is 5.33. The van der Waals surface area contributed by atoms with Gasteiger partial charge in [0.2, 0.25) is 0 Å². The quantitative estimate of drug-likeness (QED) is 0.840. The first-order valence-corrected chi connectivity index (χ1v) is 6.15. The van der Waals surface area contributed by atoms with E-state index in [2.05, 4.69) is 43.4 Å². The minimum atomic E-state index is 0.546. The van der Waals surface area contributed by atoms with Crippen molar-refractivity contribution < 1.29 is 4.74 Å². The smallest absolute Gasteiger partial charge is 0.0620 e. The fourth-order valence-electron chi connectivity index (χ4n) is 1.98. The van der Waals surface area contributed by atoms with Crippen LogP contribution in [0.15, 0.2) is 24.3 Å². The minimum absolute atomic E-state index is 0.546. The van der Waals surface area contributed by atoms with Crippen LogP contribution < -0.4 is 5.32 Å². The van der Waals surface area contributed by atoms with Gasteiger partial charge in [0.05, 0.1) is 6.61 Å². The van der Waals surface area contributed by atoms with Crippen molar-refractivity contribution in [2.24, 2.45) is 0 Å². The van der Waals surface area contributed by atoms with Gasteiger partial charge in [0.15, 0.2) is 0 Å². The summed E-state index contributed by atoms with van der Waals surface area (Å²) in [6.45, 7) is 7.17. The van der Waals surface area contributed by atoms with Crippen molar-refractivity contribution >= 4 is 0 Å². The van der Waals surface area contributed by atoms with Gasteiger partial charge in [-0.3, -0.25) is 0 Å². The molecule has 1 aliphatic rings. The van der Waals surface area contributed by atoms with E-state index in [1.807, 2.05) is 0 Å². The highest BCUT2D eigenvalue weighted by Gasteiger charge is 2.14. The molecule has 1 aromatic carbocycles. The molecule has 2 nitrogen and oxygen atoms in total. The fraction of sp³-hybridized carbons (Fsp3) is 0.571. The molecule has 1 aliphatic heterocycles. The first-order valence-electron chi connectivity index (χ1n) is 6.15. The Bertz CT molecular complexity index is 312. The van der Waals surface area contributed by atoms with Crippen molar-refractivity contribution in [3.05, 3.63) is 35.4 Å². The molecular formula is C14H21NO. The lowest BCUT2D eigenvalue weighted by Crippen LogP contribution is -2.28. The molecule has 0 radical (unpaired) electrons. The van der Waals surface area contributed by atoms with E-state index in [0.29, 0.717) is 12.0 Å². The van der Waals surface area contributed by atoms with Gasteiger partial charge in [-0.25, -0.2) is 0 Å². The number of hydrogen-bond donors (Lipinski definition) is 1. The lowest BCUT2D eigenvalue weighted by atomic mass is 10.0. The van der Waals surface area contributed by atoms with Gasteiger partial charge in [0.25, 0.3) is 0 Å². The zero-order chi connectivity index (χ0) is 11.4. The number of rotatable bonds is 4. The van der Waals surface area contributed by atoms with Crippen LogP contribution in [0, 0.1) is 0 Å². The molecule has 16 heavy (non-hydrogen) atoms. The van der Waals surface area contributed by atoms with Crippen LogP contribution in [0.1, 0.15) is 37.3 Å². The number of benzene rings is 1. The molecule has 1 unspecified atom stereocenters. The van der Waals surface area contributed by atoms with Crippen LogP contribution in [-0.4, -0.2) is 19.3 Å². The van der Waals surface area contributed by atoms with E-state index in [4.69, 9.17) is 4.74 Å². The predicted octanol–water partition coefficient (Wildman–Crippen LogP) is 2.69. The molecule has 1 fully saturated rings. The second-order valence-electron chi connectivity index (χ2n) is 4.84. The number of nitrogens with one attached hydrogen (secondary N) is 1. The van der Waals surface area contributed by atoms with Gasteiger partial charge in [0.1, 0.15) is 0 Å². The Morgan fingerprint density at radius 2 is 2.06 bits per heavy atom. The van der Waals surface area contributed by atoms with Crippen LogP contribution in [0.5, 0.6) is 0 Å². The third kappa shape index (κ3) is 3.06. The minimum Gasteiger partial charge on any atom is -0.380 e. The van der Waals surface area contributed by atoms with E-state index in [0.717, 1.165) is 26.2 Å². The summed E-state index contributed by atoms with van der Waals surface area (Å²) in [7, 11) is 0. The Hall–Kier alpha value is -0.860. The van der Waals surface area contributed by atoms with Crippen molar-refractivity contribution in [2.75, 3.05) is 13.2 Å². The SMILES string of the molecule is CC(C)c1ccc(CNC2CCOC2)cc1. The highest BCUT2D eigenvalue weighted by molar-refractivity contribution is 5.24. The summed E-state index contributed by atoms with van der Waals surface area (Å²) in [5.74, 6) is 0.616. The maximum Gasteiger partial charge on any atom is 0.0620 e. The molecule has 0 amide bonds.